The van der Waals surface area contributed by atoms with Gasteiger partial charge in [-0.15, -0.1) is 0 Å². The van der Waals surface area contributed by atoms with Crippen LogP contribution in [0.1, 0.15) is 47.5 Å². The maximum atomic E-state index is 13.1. The van der Waals surface area contributed by atoms with Crippen LogP contribution in [0.25, 0.3) is 0 Å². The number of ketones is 1. The van der Waals surface area contributed by atoms with Gasteiger partial charge in [0.05, 0.1) is 17.8 Å². The second-order valence-electron chi connectivity index (χ2n) is 9.41. The van der Waals surface area contributed by atoms with Gasteiger partial charge >= 0.3 is 5.97 Å². The second kappa shape index (κ2) is 7.14. The fraction of sp³-hybridized carbons (Fsp3) is 0.667. The first kappa shape index (κ1) is 21.5. The molecule has 0 unspecified atom stereocenters. The van der Waals surface area contributed by atoms with Crippen molar-refractivity contribution < 1.29 is 28.9 Å². The molecule has 0 aromatic heterocycles. The largest absolute Gasteiger partial charge is 0.457 e. The molecule has 2 fully saturated rings. The predicted octanol–water partition coefficient (Wildman–Crippen LogP) is 2.90. The summed E-state index contributed by atoms with van der Waals surface area (Å²) >= 11 is 0. The Morgan fingerprint density at radius 2 is 2.03 bits per heavy atom. The quantitative estimate of drug-likeness (QED) is 0.431. The molecule has 2 heterocycles. The van der Waals surface area contributed by atoms with Crippen LogP contribution in [0.2, 0.25) is 0 Å². The molecule has 1 N–H and O–H groups in total. The van der Waals surface area contributed by atoms with Crippen molar-refractivity contribution in [2.24, 2.45) is 17.8 Å². The van der Waals surface area contributed by atoms with Crippen LogP contribution in [0.5, 0.6) is 0 Å². The molecule has 4 rings (SSSR count). The minimum Gasteiger partial charge on any atom is -0.457 e. The molecule has 0 saturated carbocycles. The minimum atomic E-state index is -1.16. The van der Waals surface area contributed by atoms with Crippen LogP contribution in [0, 0.1) is 17.8 Å². The number of hydrogen-bond donors (Lipinski definition) is 1. The van der Waals surface area contributed by atoms with Crippen LogP contribution in [0.4, 0.5) is 0 Å². The highest BCUT2D eigenvalue weighted by Gasteiger charge is 2.65. The number of aliphatic hydroxyl groups excluding tert-OH is 1. The van der Waals surface area contributed by atoms with Gasteiger partial charge in [-0.25, -0.2) is 4.79 Å². The molecule has 2 saturated heterocycles. The third-order valence-corrected chi connectivity index (χ3v) is 7.79. The van der Waals surface area contributed by atoms with E-state index in [-0.39, 0.29) is 29.6 Å². The Kier molecular flexibility index (Phi) is 5.11. The Hall–Kier alpha value is -1.76. The number of fused-ring (bicyclic) bond motifs is 2. The average molecular weight is 417 g/mol. The third-order valence-electron chi connectivity index (χ3n) is 7.79. The molecule has 8 atom stereocenters. The van der Waals surface area contributed by atoms with E-state index < -0.39 is 29.4 Å². The SMILES string of the molecule is CO[C@]12C[C@H]3C=C[C@@H]4C[C@]3(O[C@H]4/C=C(/C)C(C)=O)C(C)=C1[C@@H](C)[C@@H]([C@@H](C)O)OC2=O. The van der Waals surface area contributed by atoms with Gasteiger partial charge in [0.15, 0.2) is 11.4 Å². The van der Waals surface area contributed by atoms with Crippen LogP contribution >= 0.6 is 0 Å². The highest BCUT2D eigenvalue weighted by Crippen LogP contribution is 2.59. The van der Waals surface area contributed by atoms with Crippen LogP contribution in [0.15, 0.2) is 34.9 Å². The molecule has 0 aromatic carbocycles. The van der Waals surface area contributed by atoms with Crippen molar-refractivity contribution in [2.45, 2.75) is 77.0 Å². The van der Waals surface area contributed by atoms with Crippen molar-refractivity contribution in [1.82, 2.24) is 0 Å². The first-order valence-electron chi connectivity index (χ1n) is 10.8. The summed E-state index contributed by atoms with van der Waals surface area (Å²) in [5, 5.41) is 10.2. The second-order valence-corrected chi connectivity index (χ2v) is 9.41. The number of rotatable bonds is 4. The van der Waals surface area contributed by atoms with E-state index >= 15 is 0 Å². The lowest BCUT2D eigenvalue weighted by Gasteiger charge is -2.54. The summed E-state index contributed by atoms with van der Waals surface area (Å²) in [6.07, 6.45) is 5.89. The number of Topliss-reactive ketones (excluding diaryl/α,β-unsaturated/α-hetero) is 1. The highest BCUT2D eigenvalue weighted by atomic mass is 16.6. The molecule has 164 valence electrons. The lowest BCUT2D eigenvalue weighted by atomic mass is 9.58. The summed E-state index contributed by atoms with van der Waals surface area (Å²) < 4.78 is 18.3. The maximum absolute atomic E-state index is 13.1. The molecule has 6 heteroatoms. The molecular formula is C24H32O6. The van der Waals surface area contributed by atoms with Gasteiger partial charge in [0.1, 0.15) is 6.10 Å². The number of methoxy groups -OCH3 is 1. The van der Waals surface area contributed by atoms with Crippen LogP contribution in [-0.4, -0.2) is 53.5 Å². The van der Waals surface area contributed by atoms with Gasteiger partial charge in [0.2, 0.25) is 0 Å². The summed E-state index contributed by atoms with van der Waals surface area (Å²) in [6, 6.07) is 0. The summed E-state index contributed by atoms with van der Waals surface area (Å²) in [5.41, 5.74) is 0.884. The Morgan fingerprint density at radius 3 is 2.63 bits per heavy atom. The molecular weight excluding hydrogens is 384 g/mol. The van der Waals surface area contributed by atoms with Gasteiger partial charge in [-0.1, -0.05) is 19.1 Å². The molecule has 0 radical (unpaired) electrons. The number of carbonyl (C=O) groups is 2. The number of hydrogen-bond acceptors (Lipinski definition) is 6. The van der Waals surface area contributed by atoms with Crippen molar-refractivity contribution in [3.63, 3.8) is 0 Å². The standard InChI is InChI=1S/C24H32O6/c1-12(15(4)25)9-19-17-7-8-18-11-24(28-6)20(14(3)23(18,10-17)30-19)13(2)21(16(5)26)29-22(24)27/h7-9,13,16-19,21,26H,10-11H2,1-6H3/b12-9-/t13-,16-,17-,18-,19+,21+,23+,24-/m1/s1. The average Bonchev–Trinajstić information content (AvgIpc) is 2.98. The molecule has 2 aliphatic heterocycles. The third kappa shape index (κ3) is 2.80. The molecule has 2 bridgehead atoms. The first-order chi connectivity index (χ1) is 14.1. The fourth-order valence-electron chi connectivity index (χ4n) is 6.10. The molecule has 0 amide bonds. The molecule has 2 aliphatic carbocycles. The number of carbonyl (C=O) groups excluding carboxylic acids is 2. The van der Waals surface area contributed by atoms with Crippen LogP contribution in [0.3, 0.4) is 0 Å². The van der Waals surface area contributed by atoms with Crippen molar-refractivity contribution in [2.75, 3.05) is 7.11 Å². The topological polar surface area (TPSA) is 82.1 Å². The maximum Gasteiger partial charge on any atom is 0.343 e. The number of esters is 1. The zero-order valence-electron chi connectivity index (χ0n) is 18.6. The minimum absolute atomic E-state index is 0.0312. The smallest absolute Gasteiger partial charge is 0.343 e. The van der Waals surface area contributed by atoms with E-state index in [0.29, 0.717) is 12.0 Å². The van der Waals surface area contributed by atoms with E-state index in [1.165, 1.54) is 0 Å². The van der Waals surface area contributed by atoms with E-state index in [9.17, 15) is 14.7 Å². The van der Waals surface area contributed by atoms with Crippen molar-refractivity contribution in [3.05, 3.63) is 34.9 Å². The van der Waals surface area contributed by atoms with Crippen molar-refractivity contribution >= 4 is 11.8 Å². The number of cyclic esters (lactones) is 1. The summed E-state index contributed by atoms with van der Waals surface area (Å²) in [6.45, 7) is 9.04. The van der Waals surface area contributed by atoms with Crippen molar-refractivity contribution in [3.8, 4) is 0 Å². The van der Waals surface area contributed by atoms with E-state index in [0.717, 1.165) is 17.6 Å². The van der Waals surface area contributed by atoms with Gasteiger partial charge in [0.25, 0.3) is 0 Å². The lowest BCUT2D eigenvalue weighted by Crippen LogP contribution is -2.62. The number of ether oxygens (including phenoxy) is 3. The molecule has 1 spiro atoms. The van der Waals surface area contributed by atoms with Gasteiger partial charge in [-0.05, 0) is 56.9 Å². The van der Waals surface area contributed by atoms with E-state index in [1.807, 2.05) is 26.8 Å². The molecule has 4 aliphatic rings. The van der Waals surface area contributed by atoms with Gasteiger partial charge < -0.3 is 19.3 Å². The summed E-state index contributed by atoms with van der Waals surface area (Å²) in [7, 11) is 1.55. The Morgan fingerprint density at radius 1 is 1.33 bits per heavy atom. The number of aliphatic hydroxyl groups is 1. The Balaban J connectivity index is 1.84. The Labute approximate surface area is 177 Å². The lowest BCUT2D eigenvalue weighted by molar-refractivity contribution is -0.196. The Bertz CT molecular complexity index is 867. The summed E-state index contributed by atoms with van der Waals surface area (Å²) in [5.74, 6) is -0.440. The van der Waals surface area contributed by atoms with Gasteiger partial charge in [-0.3, -0.25) is 4.79 Å². The first-order valence-corrected chi connectivity index (χ1v) is 10.8. The van der Waals surface area contributed by atoms with Crippen LogP contribution in [-0.2, 0) is 23.8 Å². The monoisotopic (exact) mass is 416 g/mol. The van der Waals surface area contributed by atoms with E-state index in [2.05, 4.69) is 12.2 Å². The van der Waals surface area contributed by atoms with Crippen LogP contribution < -0.4 is 0 Å². The molecule has 6 nitrogen and oxygen atoms in total. The van der Waals surface area contributed by atoms with Crippen molar-refractivity contribution in [1.29, 1.82) is 0 Å². The molecule has 30 heavy (non-hydrogen) atoms. The van der Waals surface area contributed by atoms with E-state index in [4.69, 9.17) is 14.2 Å². The summed E-state index contributed by atoms with van der Waals surface area (Å²) in [4.78, 5) is 24.9. The predicted molar refractivity (Wildman–Crippen MR) is 111 cm³/mol. The van der Waals surface area contributed by atoms with E-state index in [1.54, 1.807) is 21.0 Å². The normalized spacial score (nSPS) is 43.8. The highest BCUT2D eigenvalue weighted by molar-refractivity contribution is 5.92. The molecule has 0 aromatic rings. The fourth-order valence-corrected chi connectivity index (χ4v) is 6.10. The number of allylic oxidation sites excluding steroid dienone is 1. The van der Waals surface area contributed by atoms with Gasteiger partial charge in [-0.2, -0.15) is 0 Å². The van der Waals surface area contributed by atoms with Gasteiger partial charge in [0, 0.05) is 31.3 Å². The zero-order chi connectivity index (χ0) is 22.0. The zero-order valence-corrected chi connectivity index (χ0v) is 18.6.